The molecule has 7 heteroatoms. The van der Waals surface area contributed by atoms with Gasteiger partial charge in [-0.25, -0.2) is 8.42 Å². The van der Waals surface area contributed by atoms with Crippen LogP contribution in [0.25, 0.3) is 0 Å². The first-order chi connectivity index (χ1) is 13.7. The van der Waals surface area contributed by atoms with Crippen LogP contribution >= 0.6 is 0 Å². The number of nitrogens with one attached hydrogen (secondary N) is 1. The number of rotatable bonds is 10. The van der Waals surface area contributed by atoms with Gasteiger partial charge < -0.3 is 10.1 Å². The van der Waals surface area contributed by atoms with E-state index in [1.165, 1.54) is 11.4 Å². The van der Waals surface area contributed by atoms with Crippen LogP contribution in [0.5, 0.6) is 5.75 Å². The molecule has 0 spiro atoms. The van der Waals surface area contributed by atoms with Crippen LogP contribution < -0.4 is 14.4 Å². The Morgan fingerprint density at radius 2 is 1.90 bits per heavy atom. The average molecular weight is 419 g/mol. The van der Waals surface area contributed by atoms with E-state index in [0.29, 0.717) is 24.4 Å². The van der Waals surface area contributed by atoms with Crippen molar-refractivity contribution >= 4 is 21.6 Å². The molecule has 0 aliphatic carbocycles. The van der Waals surface area contributed by atoms with Gasteiger partial charge in [-0.15, -0.1) is 0 Å². The predicted octanol–water partition coefficient (Wildman–Crippen LogP) is 3.54. The summed E-state index contributed by atoms with van der Waals surface area (Å²) in [6, 6.07) is 13.0. The van der Waals surface area contributed by atoms with Crippen molar-refractivity contribution in [3.63, 3.8) is 0 Å². The van der Waals surface area contributed by atoms with E-state index in [0.717, 1.165) is 42.4 Å². The van der Waals surface area contributed by atoms with Gasteiger partial charge in [-0.2, -0.15) is 0 Å². The molecule has 158 valence electrons. The molecule has 0 aliphatic rings. The summed E-state index contributed by atoms with van der Waals surface area (Å²) < 4.78 is 30.4. The third-order valence-electron chi connectivity index (χ3n) is 4.64. The fourth-order valence-electron chi connectivity index (χ4n) is 2.97. The number of hydrogen-bond donors (Lipinski definition) is 1. The highest BCUT2D eigenvalue weighted by Crippen LogP contribution is 2.22. The molecule has 29 heavy (non-hydrogen) atoms. The molecule has 2 rings (SSSR count). The van der Waals surface area contributed by atoms with Crippen molar-refractivity contribution in [3.05, 3.63) is 59.2 Å². The van der Waals surface area contributed by atoms with Crippen molar-refractivity contribution in [1.29, 1.82) is 0 Å². The van der Waals surface area contributed by atoms with E-state index in [4.69, 9.17) is 4.74 Å². The third kappa shape index (κ3) is 6.49. The molecular formula is C22H30N2O4S. The highest BCUT2D eigenvalue weighted by molar-refractivity contribution is 7.92. The number of sulfonamides is 1. The number of carbonyl (C=O) groups excluding carboxylic acids is 1. The molecule has 1 amide bonds. The largest absolute Gasteiger partial charge is 0.493 e. The van der Waals surface area contributed by atoms with E-state index < -0.39 is 10.0 Å². The molecule has 2 aromatic rings. The molecule has 0 radical (unpaired) electrons. The van der Waals surface area contributed by atoms with Gasteiger partial charge in [0.25, 0.3) is 5.91 Å². The molecule has 2 aromatic carbocycles. The maximum Gasteiger partial charge on any atom is 0.251 e. The lowest BCUT2D eigenvalue weighted by atomic mass is 10.1. The van der Waals surface area contributed by atoms with Gasteiger partial charge in [0.2, 0.25) is 10.0 Å². The van der Waals surface area contributed by atoms with Crippen LogP contribution in [0.15, 0.2) is 42.5 Å². The molecule has 0 aromatic heterocycles. The van der Waals surface area contributed by atoms with Gasteiger partial charge in [-0.05, 0) is 61.6 Å². The van der Waals surface area contributed by atoms with E-state index in [-0.39, 0.29) is 5.91 Å². The van der Waals surface area contributed by atoms with Gasteiger partial charge in [0.15, 0.2) is 0 Å². The van der Waals surface area contributed by atoms with Gasteiger partial charge in [0.05, 0.1) is 18.6 Å². The Balaban J connectivity index is 1.91. The van der Waals surface area contributed by atoms with Crippen LogP contribution in [0, 0.1) is 6.92 Å². The van der Waals surface area contributed by atoms with Crippen LogP contribution in [-0.2, 0) is 16.4 Å². The minimum Gasteiger partial charge on any atom is -0.493 e. The van der Waals surface area contributed by atoms with Gasteiger partial charge in [-0.1, -0.05) is 25.1 Å². The SMILES string of the molecule is CCCOc1ccccc1CCCNC(=O)c1ccc(N(C)S(C)(=O)=O)c(C)c1. The second-order valence-electron chi connectivity index (χ2n) is 7.05. The topological polar surface area (TPSA) is 75.7 Å². The van der Waals surface area contributed by atoms with Gasteiger partial charge >= 0.3 is 0 Å². The van der Waals surface area contributed by atoms with E-state index in [1.807, 2.05) is 24.3 Å². The molecule has 0 unspecified atom stereocenters. The third-order valence-corrected chi connectivity index (χ3v) is 5.83. The summed E-state index contributed by atoms with van der Waals surface area (Å²) >= 11 is 0. The van der Waals surface area contributed by atoms with Crippen molar-refractivity contribution in [2.45, 2.75) is 33.1 Å². The van der Waals surface area contributed by atoms with E-state index in [9.17, 15) is 13.2 Å². The fourth-order valence-corrected chi connectivity index (χ4v) is 3.54. The number of anilines is 1. The van der Waals surface area contributed by atoms with Crippen LogP contribution in [0.3, 0.4) is 0 Å². The zero-order valence-corrected chi connectivity index (χ0v) is 18.4. The normalized spacial score (nSPS) is 11.2. The lowest BCUT2D eigenvalue weighted by Crippen LogP contribution is -2.27. The maximum atomic E-state index is 12.4. The summed E-state index contributed by atoms with van der Waals surface area (Å²) in [4.78, 5) is 12.4. The minimum atomic E-state index is -3.34. The Hall–Kier alpha value is -2.54. The Bertz CT molecular complexity index is 942. The molecule has 1 N–H and O–H groups in total. The van der Waals surface area contributed by atoms with Crippen LogP contribution in [0.1, 0.15) is 41.3 Å². The van der Waals surface area contributed by atoms with Crippen LogP contribution in [0.2, 0.25) is 0 Å². The molecule has 0 saturated carbocycles. The second-order valence-corrected chi connectivity index (χ2v) is 9.06. The first kappa shape index (κ1) is 22.7. The molecule has 6 nitrogen and oxygen atoms in total. The standard InChI is InChI=1S/C22H30N2O4S/c1-5-15-28-21-11-7-6-9-18(21)10-8-14-23-22(25)19-12-13-20(17(2)16-19)24(3)29(4,26)27/h6-7,9,11-13,16H,5,8,10,14-15H2,1-4H3,(H,23,25). The molecule has 0 bridgehead atoms. The van der Waals surface area contributed by atoms with E-state index in [2.05, 4.69) is 12.2 Å². The molecule has 0 fully saturated rings. The lowest BCUT2D eigenvalue weighted by molar-refractivity contribution is 0.0953. The van der Waals surface area contributed by atoms with Crippen molar-refractivity contribution in [3.8, 4) is 5.75 Å². The summed E-state index contributed by atoms with van der Waals surface area (Å²) in [5.74, 6) is 0.735. The Labute approximate surface area is 173 Å². The van der Waals surface area contributed by atoms with Gasteiger partial charge in [0, 0.05) is 19.2 Å². The molecule has 0 heterocycles. The Morgan fingerprint density at radius 3 is 2.55 bits per heavy atom. The number of amides is 1. The van der Waals surface area contributed by atoms with Gasteiger partial charge in [-0.3, -0.25) is 9.10 Å². The summed E-state index contributed by atoms with van der Waals surface area (Å²) in [6.07, 6.45) is 3.73. The fraction of sp³-hybridized carbons (Fsp3) is 0.409. The van der Waals surface area contributed by atoms with Gasteiger partial charge in [0.1, 0.15) is 5.75 Å². The van der Waals surface area contributed by atoms with Crippen LogP contribution in [0.4, 0.5) is 5.69 Å². The number of para-hydroxylation sites is 1. The monoisotopic (exact) mass is 418 g/mol. The summed E-state index contributed by atoms with van der Waals surface area (Å²) in [6.45, 7) is 5.11. The number of benzene rings is 2. The Kier molecular flexibility index (Phi) is 8.08. The highest BCUT2D eigenvalue weighted by atomic mass is 32.2. The molecule has 0 aliphatic heterocycles. The number of carbonyl (C=O) groups is 1. The van der Waals surface area contributed by atoms with Crippen molar-refractivity contribution in [1.82, 2.24) is 5.32 Å². The molecular weight excluding hydrogens is 388 g/mol. The van der Waals surface area contributed by atoms with Crippen molar-refractivity contribution in [2.75, 3.05) is 30.8 Å². The number of aryl methyl sites for hydroxylation is 2. The smallest absolute Gasteiger partial charge is 0.251 e. The molecule has 0 atom stereocenters. The first-order valence-corrected chi connectivity index (χ1v) is 11.6. The second kappa shape index (κ2) is 10.3. The number of nitrogens with zero attached hydrogens (tertiary/aromatic N) is 1. The zero-order chi connectivity index (χ0) is 21.4. The first-order valence-electron chi connectivity index (χ1n) is 9.77. The highest BCUT2D eigenvalue weighted by Gasteiger charge is 2.15. The summed E-state index contributed by atoms with van der Waals surface area (Å²) in [5, 5.41) is 2.93. The van der Waals surface area contributed by atoms with Crippen LogP contribution in [-0.4, -0.2) is 40.8 Å². The summed E-state index contributed by atoms with van der Waals surface area (Å²) in [7, 11) is -1.84. The minimum absolute atomic E-state index is 0.169. The summed E-state index contributed by atoms with van der Waals surface area (Å²) in [5.41, 5.74) is 2.94. The quantitative estimate of drug-likeness (QED) is 0.599. The lowest BCUT2D eigenvalue weighted by Gasteiger charge is -2.19. The average Bonchev–Trinajstić information content (AvgIpc) is 2.68. The van der Waals surface area contributed by atoms with E-state index in [1.54, 1.807) is 25.1 Å². The molecule has 0 saturated heterocycles. The number of ether oxygens (including phenoxy) is 1. The van der Waals surface area contributed by atoms with Crippen molar-refractivity contribution < 1.29 is 17.9 Å². The zero-order valence-electron chi connectivity index (χ0n) is 17.6. The maximum absolute atomic E-state index is 12.4. The van der Waals surface area contributed by atoms with E-state index >= 15 is 0 Å². The Morgan fingerprint density at radius 1 is 1.17 bits per heavy atom. The van der Waals surface area contributed by atoms with Crippen molar-refractivity contribution in [2.24, 2.45) is 0 Å². The predicted molar refractivity (Wildman–Crippen MR) is 117 cm³/mol. The number of hydrogen-bond acceptors (Lipinski definition) is 4.